The van der Waals surface area contributed by atoms with Gasteiger partial charge in [0, 0.05) is 25.6 Å². The SMILES string of the molecule is NC1CC(=O)N(Cc2ccc(C(F)(F)F)cc2)C1. The number of amides is 1. The number of benzene rings is 1. The van der Waals surface area contributed by atoms with E-state index in [-0.39, 0.29) is 11.9 Å². The standard InChI is InChI=1S/C12H13F3N2O/c13-12(14,15)9-3-1-8(2-4-9)6-17-7-10(16)5-11(17)18/h1-4,10H,5-7,16H2. The predicted molar refractivity (Wildman–Crippen MR) is 59.5 cm³/mol. The quantitative estimate of drug-likeness (QED) is 0.878. The predicted octanol–water partition coefficient (Wildman–Crippen LogP) is 1.76. The Morgan fingerprint density at radius 2 is 1.89 bits per heavy atom. The Morgan fingerprint density at radius 1 is 1.28 bits per heavy atom. The maximum Gasteiger partial charge on any atom is 0.416 e. The first kappa shape index (κ1) is 12.9. The fourth-order valence-corrected chi connectivity index (χ4v) is 1.98. The van der Waals surface area contributed by atoms with E-state index in [1.165, 1.54) is 12.1 Å². The minimum absolute atomic E-state index is 0.0533. The Bertz CT molecular complexity index is 442. The lowest BCUT2D eigenvalue weighted by Gasteiger charge is -2.16. The van der Waals surface area contributed by atoms with Crippen LogP contribution >= 0.6 is 0 Å². The van der Waals surface area contributed by atoms with Gasteiger partial charge < -0.3 is 10.6 Å². The zero-order valence-corrected chi connectivity index (χ0v) is 9.57. The molecule has 2 rings (SSSR count). The second-order valence-corrected chi connectivity index (χ2v) is 4.43. The summed E-state index contributed by atoms with van der Waals surface area (Å²) in [7, 11) is 0. The average Bonchev–Trinajstić information content (AvgIpc) is 2.57. The highest BCUT2D eigenvalue weighted by Gasteiger charge is 2.30. The molecule has 0 spiro atoms. The third kappa shape index (κ3) is 2.81. The van der Waals surface area contributed by atoms with Gasteiger partial charge in [0.1, 0.15) is 0 Å². The van der Waals surface area contributed by atoms with Gasteiger partial charge >= 0.3 is 6.18 Å². The molecule has 2 N–H and O–H groups in total. The molecule has 1 unspecified atom stereocenters. The van der Waals surface area contributed by atoms with Crippen LogP contribution in [0.3, 0.4) is 0 Å². The molecule has 18 heavy (non-hydrogen) atoms. The fraction of sp³-hybridized carbons (Fsp3) is 0.417. The summed E-state index contributed by atoms with van der Waals surface area (Å²) in [6.45, 7) is 0.768. The average molecular weight is 258 g/mol. The van der Waals surface area contributed by atoms with E-state index in [0.717, 1.165) is 12.1 Å². The summed E-state index contributed by atoms with van der Waals surface area (Å²) >= 11 is 0. The number of nitrogens with two attached hydrogens (primary N) is 1. The fourth-order valence-electron chi connectivity index (χ4n) is 1.98. The van der Waals surface area contributed by atoms with E-state index in [9.17, 15) is 18.0 Å². The van der Waals surface area contributed by atoms with Crippen LogP contribution in [0.2, 0.25) is 0 Å². The molecule has 1 atom stereocenters. The lowest BCUT2D eigenvalue weighted by molar-refractivity contribution is -0.137. The molecular formula is C12H13F3N2O. The van der Waals surface area contributed by atoms with Crippen molar-refractivity contribution in [3.05, 3.63) is 35.4 Å². The van der Waals surface area contributed by atoms with Gasteiger partial charge in [0.25, 0.3) is 0 Å². The van der Waals surface area contributed by atoms with Crippen LogP contribution in [0, 0.1) is 0 Å². The molecule has 1 aliphatic rings. The minimum Gasteiger partial charge on any atom is -0.337 e. The summed E-state index contributed by atoms with van der Waals surface area (Å²) in [5, 5.41) is 0. The van der Waals surface area contributed by atoms with Crippen molar-refractivity contribution in [3.8, 4) is 0 Å². The zero-order chi connectivity index (χ0) is 13.3. The molecular weight excluding hydrogens is 245 g/mol. The van der Waals surface area contributed by atoms with Crippen LogP contribution in [0.4, 0.5) is 13.2 Å². The van der Waals surface area contributed by atoms with Crippen LogP contribution in [-0.4, -0.2) is 23.4 Å². The highest BCUT2D eigenvalue weighted by Crippen LogP contribution is 2.29. The Labute approximate surface area is 102 Å². The Kier molecular flexibility index (Phi) is 3.30. The highest BCUT2D eigenvalue weighted by molar-refractivity contribution is 5.79. The van der Waals surface area contributed by atoms with E-state index in [4.69, 9.17) is 5.73 Å². The molecule has 1 aromatic rings. The zero-order valence-electron chi connectivity index (χ0n) is 9.57. The lowest BCUT2D eigenvalue weighted by atomic mass is 10.1. The molecule has 0 bridgehead atoms. The van der Waals surface area contributed by atoms with Crippen LogP contribution in [0.1, 0.15) is 17.5 Å². The van der Waals surface area contributed by atoms with Gasteiger partial charge in [0.2, 0.25) is 5.91 Å². The van der Waals surface area contributed by atoms with E-state index in [1.54, 1.807) is 4.90 Å². The van der Waals surface area contributed by atoms with Gasteiger partial charge in [-0.3, -0.25) is 4.79 Å². The van der Waals surface area contributed by atoms with Crippen molar-refractivity contribution in [3.63, 3.8) is 0 Å². The van der Waals surface area contributed by atoms with Crippen LogP contribution in [0.15, 0.2) is 24.3 Å². The van der Waals surface area contributed by atoms with E-state index in [1.807, 2.05) is 0 Å². The largest absolute Gasteiger partial charge is 0.416 e. The van der Waals surface area contributed by atoms with Gasteiger partial charge in [-0.1, -0.05) is 12.1 Å². The molecule has 0 radical (unpaired) electrons. The smallest absolute Gasteiger partial charge is 0.337 e. The van der Waals surface area contributed by atoms with Crippen LogP contribution < -0.4 is 5.73 Å². The van der Waals surface area contributed by atoms with Crippen molar-refractivity contribution in [2.75, 3.05) is 6.54 Å². The van der Waals surface area contributed by atoms with Crippen LogP contribution in [0.25, 0.3) is 0 Å². The summed E-state index contributed by atoms with van der Waals surface area (Å²) in [6.07, 6.45) is -4.02. The van der Waals surface area contributed by atoms with Crippen LogP contribution in [0.5, 0.6) is 0 Å². The first-order valence-corrected chi connectivity index (χ1v) is 5.56. The number of alkyl halides is 3. The van der Waals surface area contributed by atoms with Crippen molar-refractivity contribution in [2.24, 2.45) is 5.73 Å². The van der Waals surface area contributed by atoms with Gasteiger partial charge in [-0.2, -0.15) is 13.2 Å². The highest BCUT2D eigenvalue weighted by atomic mass is 19.4. The second-order valence-electron chi connectivity index (χ2n) is 4.43. The van der Waals surface area contributed by atoms with Gasteiger partial charge in [-0.05, 0) is 17.7 Å². The number of likely N-dealkylation sites (tertiary alicyclic amines) is 1. The number of nitrogens with zero attached hydrogens (tertiary/aromatic N) is 1. The third-order valence-electron chi connectivity index (χ3n) is 2.90. The monoisotopic (exact) mass is 258 g/mol. The van der Waals surface area contributed by atoms with E-state index >= 15 is 0 Å². The number of carbonyl (C=O) groups is 1. The van der Waals surface area contributed by atoms with E-state index in [0.29, 0.717) is 25.1 Å². The molecule has 0 aliphatic carbocycles. The molecule has 1 aliphatic heterocycles. The maximum absolute atomic E-state index is 12.4. The second kappa shape index (κ2) is 4.61. The minimum atomic E-state index is -4.33. The Balaban J connectivity index is 2.05. The first-order valence-electron chi connectivity index (χ1n) is 5.56. The molecule has 98 valence electrons. The van der Waals surface area contributed by atoms with E-state index < -0.39 is 11.7 Å². The number of carbonyl (C=O) groups excluding carboxylic acids is 1. The van der Waals surface area contributed by atoms with Crippen molar-refractivity contribution in [1.82, 2.24) is 4.90 Å². The normalized spacial score (nSPS) is 20.6. The topological polar surface area (TPSA) is 46.3 Å². The molecule has 1 aromatic carbocycles. The maximum atomic E-state index is 12.4. The molecule has 6 heteroatoms. The summed E-state index contributed by atoms with van der Waals surface area (Å²) in [5.41, 5.74) is 5.63. The van der Waals surface area contributed by atoms with Crippen molar-refractivity contribution >= 4 is 5.91 Å². The molecule has 0 saturated carbocycles. The summed E-state index contributed by atoms with van der Waals surface area (Å²) < 4.78 is 37.1. The molecule has 3 nitrogen and oxygen atoms in total. The molecule has 1 heterocycles. The molecule has 1 saturated heterocycles. The summed E-state index contributed by atoms with van der Waals surface area (Å²) in [4.78, 5) is 13.0. The Morgan fingerprint density at radius 3 is 2.33 bits per heavy atom. The van der Waals surface area contributed by atoms with Gasteiger partial charge in [-0.15, -0.1) is 0 Å². The van der Waals surface area contributed by atoms with Crippen molar-refractivity contribution in [2.45, 2.75) is 25.2 Å². The van der Waals surface area contributed by atoms with Crippen molar-refractivity contribution in [1.29, 1.82) is 0 Å². The van der Waals surface area contributed by atoms with Gasteiger partial charge in [0.05, 0.1) is 5.56 Å². The number of hydrogen-bond acceptors (Lipinski definition) is 2. The first-order chi connectivity index (χ1) is 8.36. The lowest BCUT2D eigenvalue weighted by Crippen LogP contribution is -2.27. The molecule has 1 fully saturated rings. The summed E-state index contributed by atoms with van der Waals surface area (Å²) in [6, 6.07) is 4.65. The molecule has 1 amide bonds. The number of hydrogen-bond donors (Lipinski definition) is 1. The number of rotatable bonds is 2. The van der Waals surface area contributed by atoms with E-state index in [2.05, 4.69) is 0 Å². The third-order valence-corrected chi connectivity index (χ3v) is 2.90. The van der Waals surface area contributed by atoms with Crippen LogP contribution in [-0.2, 0) is 17.5 Å². The van der Waals surface area contributed by atoms with Gasteiger partial charge in [0.15, 0.2) is 0 Å². The Hall–Kier alpha value is -1.56. The van der Waals surface area contributed by atoms with Gasteiger partial charge in [-0.25, -0.2) is 0 Å². The summed E-state index contributed by atoms with van der Waals surface area (Å²) in [5.74, 6) is -0.0533. The molecule has 0 aromatic heterocycles. The van der Waals surface area contributed by atoms with Crippen molar-refractivity contribution < 1.29 is 18.0 Å². The number of halogens is 3.